The van der Waals surface area contributed by atoms with Crippen molar-refractivity contribution in [1.29, 1.82) is 0 Å². The summed E-state index contributed by atoms with van der Waals surface area (Å²) in [6.07, 6.45) is 0. The Kier molecular flexibility index (Phi) is 6.41. The van der Waals surface area contributed by atoms with Gasteiger partial charge in [-0.3, -0.25) is 4.98 Å². The summed E-state index contributed by atoms with van der Waals surface area (Å²) >= 11 is 0. The van der Waals surface area contributed by atoms with Crippen molar-refractivity contribution in [2.75, 3.05) is 0 Å². The third kappa shape index (κ3) is 4.80. The average molecular weight is 668 g/mol. The molecule has 0 amide bonds. The van der Waals surface area contributed by atoms with E-state index in [1.807, 2.05) is 18.2 Å². The summed E-state index contributed by atoms with van der Waals surface area (Å²) in [6, 6.07) is 40.2. The second-order valence-corrected chi connectivity index (χ2v) is 14.5. The number of pyridine rings is 1. The van der Waals surface area contributed by atoms with E-state index in [1.165, 1.54) is 27.9 Å². The molecule has 0 atom stereocenters. The summed E-state index contributed by atoms with van der Waals surface area (Å²) in [5.41, 5.74) is 12.9. The number of imidazole rings is 1. The highest BCUT2D eigenvalue weighted by molar-refractivity contribution is 6.17. The van der Waals surface area contributed by atoms with Crippen molar-refractivity contribution in [3.63, 3.8) is 0 Å². The maximum absolute atomic E-state index is 7.99. The molecule has 4 nitrogen and oxygen atoms in total. The Hall–Kier alpha value is -5.74. The van der Waals surface area contributed by atoms with Gasteiger partial charge in [-0.1, -0.05) is 100 Å². The predicted molar refractivity (Wildman–Crippen MR) is 213 cm³/mol. The Bertz CT molecular complexity index is 2920. The molecule has 0 saturated carbocycles. The quantitative estimate of drug-likeness (QED) is 0.135. The third-order valence-corrected chi connectivity index (χ3v) is 10.6. The molecule has 0 bridgehead atoms. The van der Waals surface area contributed by atoms with Crippen molar-refractivity contribution >= 4 is 54.6 Å². The molecule has 250 valence electrons. The molecule has 6 aromatic carbocycles. The van der Waals surface area contributed by atoms with Crippen LogP contribution in [0.5, 0.6) is 0 Å². The van der Waals surface area contributed by atoms with Crippen LogP contribution in [0.2, 0.25) is 0 Å². The zero-order valence-electron chi connectivity index (χ0n) is 32.9. The summed E-state index contributed by atoms with van der Waals surface area (Å²) < 4.78 is 35.8. The number of furan rings is 1. The number of rotatable bonds is 5. The molecule has 0 fully saturated rings. The van der Waals surface area contributed by atoms with E-state index in [9.17, 15) is 0 Å². The standard InChI is InChI=1S/C47H42N3O/c1-27(2)36-24-34(31-13-9-8-10-14-31)25-37(28(3)4)45(36)50-41-16-12-11-15-40(41)49(7)47(50)43-29(5)17-22-35-39-23-33-21-20-32-19-18-30(6)48-44(32)38(33)26-42(39)51-46(35)43/h8-28H,1-7H3/q+1/i6D3. The average Bonchev–Trinajstić information content (AvgIpc) is 3.66. The van der Waals surface area contributed by atoms with Gasteiger partial charge < -0.3 is 4.42 Å². The molecule has 0 aliphatic rings. The first-order valence-corrected chi connectivity index (χ1v) is 17.8. The Labute approximate surface area is 302 Å². The van der Waals surface area contributed by atoms with Gasteiger partial charge in [-0.25, -0.2) is 4.57 Å². The Morgan fingerprint density at radius 1 is 0.706 bits per heavy atom. The number of fused-ring (bicyclic) bond motifs is 7. The number of para-hydroxylation sites is 2. The van der Waals surface area contributed by atoms with Gasteiger partial charge in [-0.15, -0.1) is 0 Å². The Balaban J connectivity index is 1.37. The van der Waals surface area contributed by atoms with Crippen molar-refractivity contribution in [3.8, 4) is 28.2 Å². The number of hydrogen-bond acceptors (Lipinski definition) is 2. The van der Waals surface area contributed by atoms with Crippen LogP contribution in [0.1, 0.15) is 66.0 Å². The molecule has 3 aromatic heterocycles. The topological polar surface area (TPSA) is 34.8 Å². The van der Waals surface area contributed by atoms with Crippen LogP contribution in [0, 0.1) is 13.8 Å². The van der Waals surface area contributed by atoms with Crippen LogP contribution >= 0.6 is 0 Å². The number of aryl methyl sites for hydroxylation is 3. The molecule has 0 aliphatic carbocycles. The predicted octanol–water partition coefficient (Wildman–Crippen LogP) is 12.3. The molecule has 51 heavy (non-hydrogen) atoms. The van der Waals surface area contributed by atoms with Crippen LogP contribution < -0.4 is 4.57 Å². The van der Waals surface area contributed by atoms with Gasteiger partial charge in [-0.2, -0.15) is 4.57 Å². The maximum Gasteiger partial charge on any atom is 0.299 e. The molecule has 0 radical (unpaired) electrons. The first-order valence-electron chi connectivity index (χ1n) is 19.3. The van der Waals surface area contributed by atoms with E-state index < -0.39 is 6.85 Å². The van der Waals surface area contributed by atoms with Crippen molar-refractivity contribution < 1.29 is 13.1 Å². The van der Waals surface area contributed by atoms with Crippen LogP contribution in [0.25, 0.3) is 82.8 Å². The zero-order chi connectivity index (χ0) is 37.6. The number of benzene rings is 6. The maximum atomic E-state index is 7.99. The van der Waals surface area contributed by atoms with Crippen LogP contribution in [-0.2, 0) is 7.05 Å². The second-order valence-electron chi connectivity index (χ2n) is 14.5. The van der Waals surface area contributed by atoms with Crippen LogP contribution in [-0.4, -0.2) is 9.55 Å². The van der Waals surface area contributed by atoms with Crippen molar-refractivity contribution in [1.82, 2.24) is 9.55 Å². The Morgan fingerprint density at radius 2 is 1.41 bits per heavy atom. The minimum atomic E-state index is -2.30. The first kappa shape index (κ1) is 28.0. The molecule has 0 unspecified atom stereocenters. The number of aromatic nitrogens is 3. The van der Waals surface area contributed by atoms with Crippen molar-refractivity contribution in [2.24, 2.45) is 7.05 Å². The molecule has 0 saturated heterocycles. The molecular formula is C47H42N3O+. The van der Waals surface area contributed by atoms with Gasteiger partial charge in [0, 0.05) is 42.5 Å². The van der Waals surface area contributed by atoms with E-state index >= 15 is 0 Å². The lowest BCUT2D eigenvalue weighted by Gasteiger charge is -2.21. The fourth-order valence-corrected chi connectivity index (χ4v) is 8.06. The molecule has 0 aliphatic heterocycles. The van der Waals surface area contributed by atoms with E-state index in [2.05, 4.69) is 147 Å². The monoisotopic (exact) mass is 667 g/mol. The summed E-state index contributed by atoms with van der Waals surface area (Å²) in [7, 11) is 2.16. The van der Waals surface area contributed by atoms with Gasteiger partial charge in [0.25, 0.3) is 5.82 Å². The van der Waals surface area contributed by atoms with Gasteiger partial charge in [0.2, 0.25) is 0 Å². The molecule has 0 N–H and O–H groups in total. The van der Waals surface area contributed by atoms with Gasteiger partial charge in [0.05, 0.1) is 12.6 Å². The molecule has 9 aromatic rings. The highest BCUT2D eigenvalue weighted by atomic mass is 16.3. The second kappa shape index (κ2) is 11.7. The van der Waals surface area contributed by atoms with E-state index in [0.29, 0.717) is 5.52 Å². The smallest absolute Gasteiger partial charge is 0.299 e. The van der Waals surface area contributed by atoms with E-state index in [-0.39, 0.29) is 17.5 Å². The summed E-state index contributed by atoms with van der Waals surface area (Å²) in [4.78, 5) is 4.66. The summed E-state index contributed by atoms with van der Waals surface area (Å²) in [5, 5.41) is 4.77. The minimum Gasteiger partial charge on any atom is -0.455 e. The van der Waals surface area contributed by atoms with Gasteiger partial charge in [0.15, 0.2) is 16.6 Å². The van der Waals surface area contributed by atoms with Crippen LogP contribution in [0.3, 0.4) is 0 Å². The summed E-state index contributed by atoms with van der Waals surface area (Å²) in [6.45, 7) is 9.03. The Morgan fingerprint density at radius 3 is 2.16 bits per heavy atom. The SMILES string of the molecule is [2H]C([2H])([2H])c1ccc2ccc3cc4c(cc3c2n1)oc1c(-c2n(-c3c(C(C)C)cc(-c5ccccc5)cc3C(C)C)c3ccccc3[n+]2C)c(C)ccc14. The molecule has 0 spiro atoms. The lowest BCUT2D eigenvalue weighted by molar-refractivity contribution is -0.633. The lowest BCUT2D eigenvalue weighted by Crippen LogP contribution is -2.30. The minimum absolute atomic E-state index is 0.0868. The first-order chi connectivity index (χ1) is 25.9. The number of hydrogen-bond donors (Lipinski definition) is 0. The highest BCUT2D eigenvalue weighted by Crippen LogP contribution is 2.44. The largest absolute Gasteiger partial charge is 0.455 e. The molecule has 4 heteroatoms. The zero-order valence-corrected chi connectivity index (χ0v) is 29.9. The van der Waals surface area contributed by atoms with Gasteiger partial charge in [0.1, 0.15) is 16.8 Å². The van der Waals surface area contributed by atoms with Crippen LogP contribution in [0.4, 0.5) is 0 Å². The van der Waals surface area contributed by atoms with E-state index in [4.69, 9.17) is 8.53 Å². The molecule has 3 heterocycles. The fraction of sp³-hybridized carbons (Fsp3) is 0.191. The number of nitrogens with zero attached hydrogens (tertiary/aromatic N) is 3. The van der Waals surface area contributed by atoms with Gasteiger partial charge >= 0.3 is 0 Å². The third-order valence-electron chi connectivity index (χ3n) is 10.6. The van der Waals surface area contributed by atoms with Crippen molar-refractivity contribution in [2.45, 2.75) is 53.3 Å². The van der Waals surface area contributed by atoms with E-state index in [1.54, 1.807) is 6.07 Å². The highest BCUT2D eigenvalue weighted by Gasteiger charge is 2.34. The van der Waals surface area contributed by atoms with Gasteiger partial charge in [-0.05, 0) is 90.2 Å². The summed E-state index contributed by atoms with van der Waals surface area (Å²) in [5.74, 6) is 1.56. The normalized spacial score (nSPS) is 13.3. The van der Waals surface area contributed by atoms with Crippen molar-refractivity contribution in [3.05, 3.63) is 138 Å². The van der Waals surface area contributed by atoms with Crippen LogP contribution in [0.15, 0.2) is 120 Å². The lowest BCUT2D eigenvalue weighted by atomic mass is 9.88. The van der Waals surface area contributed by atoms with E-state index in [0.717, 1.165) is 66.1 Å². The molecule has 9 rings (SSSR count). The molecular weight excluding hydrogens is 623 g/mol. The fourth-order valence-electron chi connectivity index (χ4n) is 8.06.